The van der Waals surface area contributed by atoms with Crippen LogP contribution in [0, 0.1) is 11.8 Å². The number of aryl methyl sites for hydroxylation is 1. The Morgan fingerprint density at radius 2 is 1.40 bits per heavy atom. The summed E-state index contributed by atoms with van der Waals surface area (Å²) in [5.41, 5.74) is 3.40. The van der Waals surface area contributed by atoms with Crippen LogP contribution < -0.4 is 0 Å². The number of carbonyl (C=O) groups excluding carboxylic acids is 2. The van der Waals surface area contributed by atoms with Gasteiger partial charge >= 0.3 is 11.9 Å². The SMILES string of the molecule is CCOC(=O)c1csc2nc(-c3ccc(CCC4(c5ncccc5F)CC(F)C4)nn3)cn12.CCOC(=O)c1csc2nc(-c3ccc(F)nn3)cn12. The largest absolute Gasteiger partial charge is 0.461 e. The van der Waals surface area contributed by atoms with Crippen molar-refractivity contribution in [1.29, 1.82) is 0 Å². The number of pyridine rings is 1. The standard InChI is InChI=1S/C23H21F2N5O2S.C12H9FN4O2S/c1-2-32-21(31)19-13-33-22-27-18(12-30(19)22)17-6-5-15(28-29-17)7-8-23(10-14(24)11-23)20-16(25)4-3-9-26-20;1-2-19-11(18)9-6-20-12-14-8(5-17(9)12)7-3-4-10(13)16-15-7/h3-6,9,12-14H,2,7-8,10-11H2,1H3;3-6H,2H2,1H3. The highest BCUT2D eigenvalue weighted by Crippen LogP contribution is 2.48. The lowest BCUT2D eigenvalue weighted by molar-refractivity contribution is 0.0509. The number of esters is 2. The van der Waals surface area contributed by atoms with Crippen molar-refractivity contribution in [2.24, 2.45) is 0 Å². The Morgan fingerprint density at radius 3 is 1.89 bits per heavy atom. The van der Waals surface area contributed by atoms with Crippen molar-refractivity contribution in [3.63, 3.8) is 0 Å². The second kappa shape index (κ2) is 15.2. The Kier molecular flexibility index (Phi) is 10.2. The van der Waals surface area contributed by atoms with Crippen molar-refractivity contribution in [1.82, 2.24) is 44.1 Å². The zero-order valence-electron chi connectivity index (χ0n) is 28.3. The van der Waals surface area contributed by atoms with E-state index in [-0.39, 0.29) is 12.8 Å². The predicted octanol–water partition coefficient (Wildman–Crippen LogP) is 6.73. The fourth-order valence-electron chi connectivity index (χ4n) is 6.05. The monoisotopic (exact) mass is 761 g/mol. The lowest BCUT2D eigenvalue weighted by Crippen LogP contribution is -2.44. The van der Waals surface area contributed by atoms with E-state index in [1.807, 2.05) is 12.1 Å². The Bertz CT molecular complexity index is 2390. The number of fused-ring (bicyclic) bond motifs is 2. The van der Waals surface area contributed by atoms with Crippen molar-refractivity contribution in [2.75, 3.05) is 13.2 Å². The molecule has 0 aliphatic heterocycles. The number of hydrogen-bond donors (Lipinski definition) is 0. The molecule has 0 amide bonds. The van der Waals surface area contributed by atoms with E-state index in [9.17, 15) is 22.8 Å². The van der Waals surface area contributed by atoms with E-state index in [1.165, 1.54) is 46.9 Å². The van der Waals surface area contributed by atoms with Crippen LogP contribution in [0.3, 0.4) is 0 Å². The maximum absolute atomic E-state index is 14.3. The molecule has 272 valence electrons. The van der Waals surface area contributed by atoms with Gasteiger partial charge in [-0.25, -0.2) is 28.3 Å². The van der Waals surface area contributed by atoms with E-state index >= 15 is 0 Å². The molecule has 18 heteroatoms. The second-order valence-electron chi connectivity index (χ2n) is 12.0. The normalized spacial score (nSPS) is 16.6. The summed E-state index contributed by atoms with van der Waals surface area (Å²) in [4.78, 5) is 38.2. The zero-order chi connectivity index (χ0) is 37.1. The smallest absolute Gasteiger partial charge is 0.356 e. The van der Waals surface area contributed by atoms with Gasteiger partial charge in [-0.05, 0) is 75.9 Å². The van der Waals surface area contributed by atoms with Gasteiger partial charge in [-0.2, -0.15) is 9.49 Å². The third kappa shape index (κ3) is 7.36. The number of thiazole rings is 2. The van der Waals surface area contributed by atoms with Gasteiger partial charge < -0.3 is 9.47 Å². The first-order valence-electron chi connectivity index (χ1n) is 16.5. The van der Waals surface area contributed by atoms with Crippen LogP contribution in [0.25, 0.3) is 32.7 Å². The molecule has 0 spiro atoms. The summed E-state index contributed by atoms with van der Waals surface area (Å²) in [6, 6.07) is 9.26. The van der Waals surface area contributed by atoms with Gasteiger partial charge in [-0.1, -0.05) is 0 Å². The lowest BCUT2D eigenvalue weighted by atomic mass is 9.62. The minimum Gasteiger partial charge on any atom is -0.461 e. The van der Waals surface area contributed by atoms with E-state index in [0.29, 0.717) is 75.8 Å². The minimum atomic E-state index is -0.936. The quantitative estimate of drug-likeness (QED) is 0.136. The molecule has 0 atom stereocenters. The van der Waals surface area contributed by atoms with E-state index in [4.69, 9.17) is 9.47 Å². The van der Waals surface area contributed by atoms with Crippen molar-refractivity contribution < 1.29 is 32.2 Å². The van der Waals surface area contributed by atoms with Gasteiger partial charge in [0.15, 0.2) is 9.92 Å². The number of halogens is 3. The first-order valence-corrected chi connectivity index (χ1v) is 18.3. The third-order valence-electron chi connectivity index (χ3n) is 8.61. The van der Waals surface area contributed by atoms with Crippen LogP contribution in [0.5, 0.6) is 0 Å². The number of rotatable bonds is 10. The van der Waals surface area contributed by atoms with Crippen molar-refractivity contribution >= 4 is 44.5 Å². The molecule has 0 N–H and O–H groups in total. The summed E-state index contributed by atoms with van der Waals surface area (Å²) >= 11 is 2.66. The molecule has 1 aliphatic rings. The molecule has 7 aromatic heterocycles. The van der Waals surface area contributed by atoms with Gasteiger partial charge in [-0.3, -0.25) is 13.8 Å². The molecular weight excluding hydrogens is 732 g/mol. The van der Waals surface area contributed by atoms with Gasteiger partial charge in [0.1, 0.15) is 46.2 Å². The van der Waals surface area contributed by atoms with Gasteiger partial charge in [0, 0.05) is 34.8 Å². The molecule has 8 rings (SSSR count). The van der Waals surface area contributed by atoms with Gasteiger partial charge in [0.05, 0.1) is 24.6 Å². The maximum Gasteiger partial charge on any atom is 0.356 e. The van der Waals surface area contributed by atoms with Crippen molar-refractivity contribution in [3.05, 3.63) is 100 Å². The Balaban J connectivity index is 0.000000186. The number of carbonyl (C=O) groups is 2. The van der Waals surface area contributed by atoms with E-state index in [1.54, 1.807) is 52.0 Å². The lowest BCUT2D eigenvalue weighted by Gasteiger charge is -2.44. The predicted molar refractivity (Wildman–Crippen MR) is 188 cm³/mol. The first kappa shape index (κ1) is 35.8. The highest BCUT2D eigenvalue weighted by Gasteiger charge is 2.48. The molecule has 53 heavy (non-hydrogen) atoms. The van der Waals surface area contributed by atoms with Crippen LogP contribution in [-0.2, 0) is 21.3 Å². The number of hydrogen-bond acceptors (Lipinski definition) is 13. The van der Waals surface area contributed by atoms with E-state index in [0.717, 1.165) is 5.69 Å². The molecular formula is C35H30F3N9O4S2. The van der Waals surface area contributed by atoms with E-state index in [2.05, 4.69) is 35.3 Å². The van der Waals surface area contributed by atoms with Gasteiger partial charge in [0.25, 0.3) is 0 Å². The fourth-order valence-corrected chi connectivity index (χ4v) is 7.73. The topological polar surface area (TPSA) is 152 Å². The number of alkyl halides is 1. The number of aromatic nitrogens is 9. The summed E-state index contributed by atoms with van der Waals surface area (Å²) in [6.45, 7) is 4.11. The highest BCUT2D eigenvalue weighted by molar-refractivity contribution is 7.15. The number of ether oxygens (including phenoxy) is 2. The highest BCUT2D eigenvalue weighted by atomic mass is 32.1. The first-order chi connectivity index (χ1) is 25.7. The average molecular weight is 762 g/mol. The summed E-state index contributed by atoms with van der Waals surface area (Å²) in [6.07, 6.45) is 5.59. The summed E-state index contributed by atoms with van der Waals surface area (Å²) in [5, 5.41) is 19.0. The summed E-state index contributed by atoms with van der Waals surface area (Å²) in [7, 11) is 0. The van der Waals surface area contributed by atoms with Crippen LogP contribution in [0.1, 0.15) is 65.5 Å². The second-order valence-corrected chi connectivity index (χ2v) is 13.7. The Labute approximate surface area is 307 Å². The molecule has 0 aromatic carbocycles. The number of nitrogens with zero attached hydrogens (tertiary/aromatic N) is 9. The van der Waals surface area contributed by atoms with Crippen LogP contribution in [0.15, 0.2) is 65.7 Å². The van der Waals surface area contributed by atoms with Gasteiger partial charge in [-0.15, -0.1) is 38.0 Å². The third-order valence-corrected chi connectivity index (χ3v) is 10.3. The molecule has 0 radical (unpaired) electrons. The summed E-state index contributed by atoms with van der Waals surface area (Å²) < 4.78 is 54.2. The molecule has 7 aromatic rings. The Hall–Kier alpha value is -5.62. The molecule has 0 unspecified atom stereocenters. The molecule has 13 nitrogen and oxygen atoms in total. The summed E-state index contributed by atoms with van der Waals surface area (Å²) in [5.74, 6) is -1.86. The molecule has 1 aliphatic carbocycles. The van der Waals surface area contributed by atoms with Crippen LogP contribution >= 0.6 is 22.7 Å². The molecule has 0 saturated heterocycles. The van der Waals surface area contributed by atoms with Crippen LogP contribution in [0.4, 0.5) is 13.2 Å². The van der Waals surface area contributed by atoms with Crippen LogP contribution in [-0.4, -0.2) is 75.5 Å². The number of imidazole rings is 2. The fraction of sp³-hybridized carbons (Fsp3) is 0.286. The molecule has 1 saturated carbocycles. The van der Waals surface area contributed by atoms with Crippen molar-refractivity contribution in [3.8, 4) is 22.8 Å². The maximum atomic E-state index is 14.3. The molecule has 7 heterocycles. The minimum absolute atomic E-state index is 0.265. The van der Waals surface area contributed by atoms with Crippen LogP contribution in [0.2, 0.25) is 0 Å². The average Bonchev–Trinajstić information content (AvgIpc) is 3.93. The Morgan fingerprint density at radius 1 is 0.811 bits per heavy atom. The van der Waals surface area contributed by atoms with Crippen molar-refractivity contribution in [2.45, 2.75) is 51.1 Å². The molecule has 1 fully saturated rings. The zero-order valence-corrected chi connectivity index (χ0v) is 29.9. The van der Waals surface area contributed by atoms with Gasteiger partial charge in [0.2, 0.25) is 5.95 Å². The molecule has 0 bridgehead atoms. The van der Waals surface area contributed by atoms with E-state index < -0.39 is 35.3 Å².